The second kappa shape index (κ2) is 8.40. The van der Waals surface area contributed by atoms with Gasteiger partial charge in [-0.15, -0.1) is 0 Å². The van der Waals surface area contributed by atoms with Gasteiger partial charge >= 0.3 is 15.6 Å². The van der Waals surface area contributed by atoms with Crippen LogP contribution in [0.1, 0.15) is 34.6 Å². The molecule has 18 heavy (non-hydrogen) atoms. The molecule has 0 saturated carbocycles. The molecule has 0 amide bonds. The zero-order chi connectivity index (χ0) is 15.1. The molecule has 0 aliphatic rings. The SMILES string of the molecule is CCN(C(C)C)C(C)C.O=P(O)(O)OP(=O)(O)O. The zero-order valence-electron chi connectivity index (χ0n) is 11.2. The van der Waals surface area contributed by atoms with E-state index in [1.807, 2.05) is 0 Å². The lowest BCUT2D eigenvalue weighted by molar-refractivity contribution is 0.185. The maximum atomic E-state index is 9.63. The van der Waals surface area contributed by atoms with Gasteiger partial charge in [-0.25, -0.2) is 9.13 Å². The van der Waals surface area contributed by atoms with Crippen molar-refractivity contribution in [3.05, 3.63) is 0 Å². The summed E-state index contributed by atoms with van der Waals surface area (Å²) in [6, 6.07) is 1.38. The normalized spacial score (nSPS) is 12.9. The zero-order valence-corrected chi connectivity index (χ0v) is 13.0. The van der Waals surface area contributed by atoms with Crippen LogP contribution in [-0.2, 0) is 13.4 Å². The molecule has 112 valence electrons. The Bertz CT molecular complexity index is 281. The van der Waals surface area contributed by atoms with E-state index in [0.717, 1.165) is 6.54 Å². The van der Waals surface area contributed by atoms with Crippen LogP contribution in [0.15, 0.2) is 0 Å². The Balaban J connectivity index is 0. The lowest BCUT2D eigenvalue weighted by Gasteiger charge is -2.28. The third-order valence-corrected chi connectivity index (χ3v) is 3.61. The van der Waals surface area contributed by atoms with Gasteiger partial charge in [0.25, 0.3) is 0 Å². The minimum atomic E-state index is -5.05. The van der Waals surface area contributed by atoms with E-state index in [4.69, 9.17) is 19.6 Å². The molecule has 4 N–H and O–H groups in total. The van der Waals surface area contributed by atoms with Crippen LogP contribution in [0.3, 0.4) is 0 Å². The van der Waals surface area contributed by atoms with E-state index in [-0.39, 0.29) is 0 Å². The van der Waals surface area contributed by atoms with Crippen molar-refractivity contribution in [2.75, 3.05) is 6.54 Å². The van der Waals surface area contributed by atoms with Gasteiger partial charge in [-0.05, 0) is 34.2 Å². The largest absolute Gasteiger partial charge is 0.478 e. The van der Waals surface area contributed by atoms with Crippen molar-refractivity contribution in [3.8, 4) is 0 Å². The quantitative estimate of drug-likeness (QED) is 0.560. The summed E-state index contributed by atoms with van der Waals surface area (Å²) in [5, 5.41) is 0. The third kappa shape index (κ3) is 14.3. The van der Waals surface area contributed by atoms with Gasteiger partial charge in [-0.2, -0.15) is 4.31 Å². The second-order valence-electron chi connectivity index (χ2n) is 4.08. The first-order valence-electron chi connectivity index (χ1n) is 5.38. The first-order valence-corrected chi connectivity index (χ1v) is 8.44. The summed E-state index contributed by atoms with van der Waals surface area (Å²) in [6.07, 6.45) is 0. The van der Waals surface area contributed by atoms with Crippen LogP contribution in [0.4, 0.5) is 0 Å². The van der Waals surface area contributed by atoms with Crippen molar-refractivity contribution in [3.63, 3.8) is 0 Å². The summed E-state index contributed by atoms with van der Waals surface area (Å²) in [7, 11) is -10.1. The average Bonchev–Trinajstić information content (AvgIpc) is 1.96. The van der Waals surface area contributed by atoms with Crippen molar-refractivity contribution in [1.29, 1.82) is 0 Å². The predicted octanol–water partition coefficient (Wildman–Crippen LogP) is 1.31. The van der Waals surface area contributed by atoms with E-state index in [0.29, 0.717) is 12.1 Å². The third-order valence-electron chi connectivity index (χ3n) is 1.90. The maximum absolute atomic E-state index is 9.63. The highest BCUT2D eigenvalue weighted by Crippen LogP contribution is 2.53. The van der Waals surface area contributed by atoms with Crippen molar-refractivity contribution < 1.29 is 33.0 Å². The molecule has 0 fully saturated rings. The van der Waals surface area contributed by atoms with E-state index in [1.165, 1.54) is 0 Å². The lowest BCUT2D eigenvalue weighted by Crippen LogP contribution is -2.36. The van der Waals surface area contributed by atoms with Gasteiger partial charge in [-0.1, -0.05) is 6.92 Å². The fourth-order valence-electron chi connectivity index (χ4n) is 1.47. The number of rotatable bonds is 5. The standard InChI is InChI=1S/C8H19N.H4O7P2/c1-6-9(7(2)3)8(4)5;1-8(2,3)7-9(4,5)6/h7-8H,6H2,1-5H3;(H2,1,2,3)(H2,4,5,6). The monoisotopic (exact) mass is 307 g/mol. The van der Waals surface area contributed by atoms with Crippen molar-refractivity contribution in [2.24, 2.45) is 0 Å². The van der Waals surface area contributed by atoms with Crippen LogP contribution < -0.4 is 0 Å². The van der Waals surface area contributed by atoms with Crippen LogP contribution in [0.5, 0.6) is 0 Å². The van der Waals surface area contributed by atoms with E-state index in [2.05, 4.69) is 43.8 Å². The number of phosphoric acid groups is 2. The van der Waals surface area contributed by atoms with Gasteiger partial charge in [0.05, 0.1) is 0 Å². The molecule has 0 aliphatic carbocycles. The van der Waals surface area contributed by atoms with Gasteiger partial charge in [0.2, 0.25) is 0 Å². The lowest BCUT2D eigenvalue weighted by atomic mass is 10.2. The highest BCUT2D eigenvalue weighted by atomic mass is 31.3. The predicted molar refractivity (Wildman–Crippen MR) is 67.8 cm³/mol. The molecule has 0 aliphatic heterocycles. The highest BCUT2D eigenvalue weighted by molar-refractivity contribution is 7.60. The molecule has 0 spiro atoms. The van der Waals surface area contributed by atoms with Crippen molar-refractivity contribution >= 4 is 15.6 Å². The topological polar surface area (TPSA) is 128 Å². The Morgan fingerprint density at radius 2 is 1.22 bits per heavy atom. The highest BCUT2D eigenvalue weighted by Gasteiger charge is 2.27. The molecule has 0 bridgehead atoms. The minimum Gasteiger partial charge on any atom is -0.302 e. The molecule has 0 heterocycles. The first-order chi connectivity index (χ1) is 7.80. The van der Waals surface area contributed by atoms with Gasteiger partial charge in [0.15, 0.2) is 0 Å². The molecular weight excluding hydrogens is 284 g/mol. The van der Waals surface area contributed by atoms with E-state index >= 15 is 0 Å². The maximum Gasteiger partial charge on any atom is 0.478 e. The summed E-state index contributed by atoms with van der Waals surface area (Å²) < 4.78 is 22.2. The molecule has 0 aromatic rings. The molecule has 0 unspecified atom stereocenters. The van der Waals surface area contributed by atoms with Crippen molar-refractivity contribution in [1.82, 2.24) is 4.90 Å². The van der Waals surface area contributed by atoms with Gasteiger partial charge in [0.1, 0.15) is 0 Å². The van der Waals surface area contributed by atoms with Crippen LogP contribution in [0.25, 0.3) is 0 Å². The second-order valence-corrected chi connectivity index (χ2v) is 6.70. The van der Waals surface area contributed by atoms with Crippen molar-refractivity contribution in [2.45, 2.75) is 46.7 Å². The molecule has 0 saturated heterocycles. The number of hydrogen-bond donors (Lipinski definition) is 4. The summed E-state index contributed by atoms with van der Waals surface area (Å²) in [6.45, 7) is 12.3. The molecule has 0 aromatic heterocycles. The van der Waals surface area contributed by atoms with Gasteiger partial charge in [0, 0.05) is 12.1 Å². The minimum absolute atomic E-state index is 0.690. The Morgan fingerprint density at radius 3 is 1.22 bits per heavy atom. The Morgan fingerprint density at radius 1 is 0.944 bits per heavy atom. The molecule has 0 radical (unpaired) electrons. The molecule has 10 heteroatoms. The smallest absolute Gasteiger partial charge is 0.302 e. The Hall–Kier alpha value is 0.220. The fourth-order valence-corrected chi connectivity index (χ4v) is 2.57. The molecule has 0 rings (SSSR count). The van der Waals surface area contributed by atoms with E-state index < -0.39 is 15.6 Å². The number of nitrogens with zero attached hydrogens (tertiary/aromatic N) is 1. The Kier molecular flexibility index (Phi) is 9.59. The van der Waals surface area contributed by atoms with E-state index in [1.54, 1.807) is 0 Å². The number of hydrogen-bond acceptors (Lipinski definition) is 4. The van der Waals surface area contributed by atoms with Crippen LogP contribution >= 0.6 is 15.6 Å². The average molecular weight is 307 g/mol. The van der Waals surface area contributed by atoms with Crippen LogP contribution in [0.2, 0.25) is 0 Å². The molecular formula is C8H23NO7P2. The summed E-state index contributed by atoms with van der Waals surface area (Å²) in [4.78, 5) is 33.5. The van der Waals surface area contributed by atoms with E-state index in [9.17, 15) is 9.13 Å². The molecule has 0 atom stereocenters. The summed E-state index contributed by atoms with van der Waals surface area (Å²) in [5.41, 5.74) is 0. The molecule has 8 nitrogen and oxygen atoms in total. The van der Waals surface area contributed by atoms with Crippen LogP contribution in [0, 0.1) is 0 Å². The van der Waals surface area contributed by atoms with Gasteiger partial charge < -0.3 is 19.6 Å². The summed E-state index contributed by atoms with van der Waals surface area (Å²) >= 11 is 0. The fraction of sp³-hybridized carbons (Fsp3) is 1.00. The molecule has 0 aromatic carbocycles. The first kappa shape index (κ1) is 20.5. The van der Waals surface area contributed by atoms with Crippen LogP contribution in [-0.4, -0.2) is 43.1 Å². The van der Waals surface area contributed by atoms with Gasteiger partial charge in [-0.3, -0.25) is 4.90 Å². The summed E-state index contributed by atoms with van der Waals surface area (Å²) in [5.74, 6) is 0. The Labute approximate surface area is 107 Å².